The predicted octanol–water partition coefficient (Wildman–Crippen LogP) is 1.77. The Hall–Kier alpha value is -0.790. The van der Waals surface area contributed by atoms with E-state index >= 15 is 0 Å². The van der Waals surface area contributed by atoms with E-state index in [1.807, 2.05) is 19.1 Å². The van der Waals surface area contributed by atoms with Crippen LogP contribution in [0.4, 0.5) is 0 Å². The largest absolute Gasteiger partial charge is 0.476 e. The first kappa shape index (κ1) is 7.32. The van der Waals surface area contributed by atoms with E-state index in [1.54, 1.807) is 0 Å². The highest BCUT2D eigenvalue weighted by Gasteiger charge is 2.13. The minimum absolute atomic E-state index is 0.395. The molecule has 0 aromatic carbocycles. The Morgan fingerprint density at radius 1 is 1.80 bits per heavy atom. The van der Waals surface area contributed by atoms with E-state index in [4.69, 9.17) is 4.74 Å². The number of rotatable bonds is 2. The van der Waals surface area contributed by atoms with E-state index in [-0.39, 0.29) is 0 Å². The molecule has 10 heavy (non-hydrogen) atoms. The van der Waals surface area contributed by atoms with Gasteiger partial charge < -0.3 is 4.74 Å². The normalized spacial score (nSPS) is 25.0. The van der Waals surface area contributed by atoms with Gasteiger partial charge in [0.2, 0.25) is 5.90 Å². The zero-order valence-electron chi connectivity index (χ0n) is 6.50. The first-order valence-electron chi connectivity index (χ1n) is 3.70. The van der Waals surface area contributed by atoms with Crippen molar-refractivity contribution in [2.45, 2.75) is 26.3 Å². The molecule has 1 heterocycles. The molecule has 0 spiro atoms. The molecule has 1 atom stereocenters. The van der Waals surface area contributed by atoms with Gasteiger partial charge in [-0.15, -0.1) is 0 Å². The minimum Gasteiger partial charge on any atom is -0.476 e. The standard InChI is InChI=1S/C8H13NO/c1-3-5-8-9-7(4-2)6-10-8/h3,5,7H,4,6H2,1-2H3. The predicted molar refractivity (Wildman–Crippen MR) is 42.3 cm³/mol. The summed E-state index contributed by atoms with van der Waals surface area (Å²) in [5, 5.41) is 0. The van der Waals surface area contributed by atoms with Gasteiger partial charge in [0.25, 0.3) is 0 Å². The lowest BCUT2D eigenvalue weighted by Gasteiger charge is -1.95. The topological polar surface area (TPSA) is 21.6 Å². The van der Waals surface area contributed by atoms with Crippen LogP contribution in [0.25, 0.3) is 0 Å². The van der Waals surface area contributed by atoms with Crippen LogP contribution in [0.5, 0.6) is 0 Å². The molecule has 0 amide bonds. The fourth-order valence-electron chi connectivity index (χ4n) is 0.879. The number of allylic oxidation sites excluding steroid dienone is 1. The molecular weight excluding hydrogens is 126 g/mol. The number of hydrogen-bond donors (Lipinski definition) is 0. The van der Waals surface area contributed by atoms with E-state index < -0.39 is 0 Å². The van der Waals surface area contributed by atoms with E-state index in [0.29, 0.717) is 6.04 Å². The Balaban J connectivity index is 2.48. The van der Waals surface area contributed by atoms with Crippen molar-refractivity contribution in [1.29, 1.82) is 0 Å². The summed E-state index contributed by atoms with van der Waals surface area (Å²) < 4.78 is 5.26. The van der Waals surface area contributed by atoms with Crippen molar-refractivity contribution in [1.82, 2.24) is 0 Å². The van der Waals surface area contributed by atoms with E-state index in [9.17, 15) is 0 Å². The summed E-state index contributed by atoms with van der Waals surface area (Å²) in [7, 11) is 0. The van der Waals surface area contributed by atoms with Crippen LogP contribution < -0.4 is 0 Å². The fraction of sp³-hybridized carbons (Fsp3) is 0.625. The zero-order chi connectivity index (χ0) is 7.40. The molecule has 0 aliphatic carbocycles. The van der Waals surface area contributed by atoms with Crippen LogP contribution in [-0.4, -0.2) is 18.5 Å². The molecule has 1 rings (SSSR count). The van der Waals surface area contributed by atoms with Gasteiger partial charge in [-0.1, -0.05) is 13.0 Å². The van der Waals surface area contributed by atoms with Crippen molar-refractivity contribution >= 4 is 5.90 Å². The van der Waals surface area contributed by atoms with Gasteiger partial charge in [-0.05, 0) is 19.4 Å². The van der Waals surface area contributed by atoms with Gasteiger partial charge in [0.15, 0.2) is 0 Å². The maximum absolute atomic E-state index is 5.26. The molecule has 56 valence electrons. The second kappa shape index (κ2) is 3.40. The van der Waals surface area contributed by atoms with Crippen molar-refractivity contribution in [2.75, 3.05) is 6.61 Å². The first-order valence-corrected chi connectivity index (χ1v) is 3.70. The SMILES string of the molecule is CC=CC1=NC(CC)CO1. The summed E-state index contributed by atoms with van der Waals surface area (Å²) in [6.07, 6.45) is 4.91. The third-order valence-electron chi connectivity index (χ3n) is 1.51. The van der Waals surface area contributed by atoms with Crippen LogP contribution in [-0.2, 0) is 4.74 Å². The molecule has 0 radical (unpaired) electrons. The van der Waals surface area contributed by atoms with Crippen LogP contribution in [0, 0.1) is 0 Å². The summed E-state index contributed by atoms with van der Waals surface area (Å²) in [5.74, 6) is 0.786. The third kappa shape index (κ3) is 1.59. The van der Waals surface area contributed by atoms with Gasteiger partial charge >= 0.3 is 0 Å². The van der Waals surface area contributed by atoms with Gasteiger partial charge in [-0.3, -0.25) is 0 Å². The van der Waals surface area contributed by atoms with E-state index in [2.05, 4.69) is 11.9 Å². The maximum Gasteiger partial charge on any atom is 0.208 e. The summed E-state index contributed by atoms with van der Waals surface area (Å²) in [6.45, 7) is 4.84. The molecule has 0 aromatic rings. The van der Waals surface area contributed by atoms with Crippen LogP contribution in [0.1, 0.15) is 20.3 Å². The minimum atomic E-state index is 0.395. The van der Waals surface area contributed by atoms with E-state index in [0.717, 1.165) is 18.9 Å². The molecular formula is C8H13NO. The third-order valence-corrected chi connectivity index (χ3v) is 1.51. The lowest BCUT2D eigenvalue weighted by Crippen LogP contribution is -2.02. The van der Waals surface area contributed by atoms with Gasteiger partial charge in [-0.2, -0.15) is 0 Å². The van der Waals surface area contributed by atoms with Gasteiger partial charge in [-0.25, -0.2) is 4.99 Å². The van der Waals surface area contributed by atoms with Crippen molar-refractivity contribution in [3.63, 3.8) is 0 Å². The number of hydrogen-bond acceptors (Lipinski definition) is 2. The Bertz CT molecular complexity index is 161. The lowest BCUT2D eigenvalue weighted by molar-refractivity contribution is 0.316. The number of ether oxygens (including phenoxy) is 1. The number of aliphatic imine (C=N–C) groups is 1. The van der Waals surface area contributed by atoms with Crippen LogP contribution in [0.3, 0.4) is 0 Å². The quantitative estimate of drug-likeness (QED) is 0.571. The monoisotopic (exact) mass is 139 g/mol. The highest BCUT2D eigenvalue weighted by molar-refractivity contribution is 5.88. The maximum atomic E-state index is 5.26. The molecule has 0 fully saturated rings. The molecule has 1 aliphatic rings. The zero-order valence-corrected chi connectivity index (χ0v) is 6.50. The Labute approximate surface area is 61.6 Å². The molecule has 2 nitrogen and oxygen atoms in total. The van der Waals surface area contributed by atoms with Crippen molar-refractivity contribution in [2.24, 2.45) is 4.99 Å². The fourth-order valence-corrected chi connectivity index (χ4v) is 0.879. The first-order chi connectivity index (χ1) is 4.86. The summed E-state index contributed by atoms with van der Waals surface area (Å²) >= 11 is 0. The molecule has 1 aliphatic heterocycles. The smallest absolute Gasteiger partial charge is 0.208 e. The molecule has 1 unspecified atom stereocenters. The average Bonchev–Trinajstić information content (AvgIpc) is 2.37. The molecule has 0 aromatic heterocycles. The Morgan fingerprint density at radius 2 is 2.60 bits per heavy atom. The second-order valence-corrected chi connectivity index (χ2v) is 2.34. The van der Waals surface area contributed by atoms with E-state index in [1.165, 1.54) is 0 Å². The summed E-state index contributed by atoms with van der Waals surface area (Å²) in [6, 6.07) is 0.395. The Morgan fingerprint density at radius 3 is 3.10 bits per heavy atom. The summed E-state index contributed by atoms with van der Waals surface area (Å²) in [4.78, 5) is 4.30. The Kier molecular flexibility index (Phi) is 2.49. The van der Waals surface area contributed by atoms with Gasteiger partial charge in [0.1, 0.15) is 6.61 Å². The molecule has 2 heteroatoms. The van der Waals surface area contributed by atoms with Crippen LogP contribution in [0.15, 0.2) is 17.1 Å². The average molecular weight is 139 g/mol. The molecule has 0 bridgehead atoms. The van der Waals surface area contributed by atoms with Gasteiger partial charge in [0.05, 0.1) is 6.04 Å². The molecule has 0 saturated heterocycles. The van der Waals surface area contributed by atoms with Crippen LogP contribution >= 0.6 is 0 Å². The van der Waals surface area contributed by atoms with Crippen molar-refractivity contribution in [3.05, 3.63) is 12.2 Å². The van der Waals surface area contributed by atoms with Crippen LogP contribution in [0.2, 0.25) is 0 Å². The van der Waals surface area contributed by atoms with Gasteiger partial charge in [0, 0.05) is 0 Å². The lowest BCUT2D eigenvalue weighted by atomic mass is 10.3. The second-order valence-electron chi connectivity index (χ2n) is 2.34. The highest BCUT2D eigenvalue weighted by atomic mass is 16.5. The van der Waals surface area contributed by atoms with Crippen molar-refractivity contribution < 1.29 is 4.74 Å². The molecule has 0 saturated carbocycles. The number of nitrogens with zero attached hydrogens (tertiary/aromatic N) is 1. The molecule has 0 N–H and O–H groups in total. The highest BCUT2D eigenvalue weighted by Crippen LogP contribution is 2.07. The van der Waals surface area contributed by atoms with Crippen molar-refractivity contribution in [3.8, 4) is 0 Å². The summed E-state index contributed by atoms with van der Waals surface area (Å²) in [5.41, 5.74) is 0.